The Hall–Kier alpha value is -2.19. The van der Waals surface area contributed by atoms with Gasteiger partial charge in [0.25, 0.3) is 11.5 Å². The molecule has 0 N–H and O–H groups in total. The highest BCUT2D eigenvalue weighted by atomic mass is 32.2. The van der Waals surface area contributed by atoms with Crippen LogP contribution in [0.25, 0.3) is 6.08 Å². The molecule has 0 bridgehead atoms. The van der Waals surface area contributed by atoms with Gasteiger partial charge < -0.3 is 14.4 Å². The Morgan fingerprint density at radius 2 is 1.97 bits per heavy atom. The van der Waals surface area contributed by atoms with Crippen LogP contribution >= 0.6 is 24.0 Å². The monoisotopic (exact) mass is 462 g/mol. The first-order valence-corrected chi connectivity index (χ1v) is 11.2. The van der Waals surface area contributed by atoms with Crippen LogP contribution in [0.5, 0.6) is 0 Å². The number of anilines is 1. The zero-order chi connectivity index (χ0) is 22.9. The summed E-state index contributed by atoms with van der Waals surface area (Å²) in [5.74, 6) is 0.471. The maximum atomic E-state index is 13.0. The SMILES string of the molecule is COCCN1C(=O)C(=Cc2c(C)c(C#N)c(=O)n(C)c2N2CC(C)OC(C)C2)SC1=S. The average Bonchev–Trinajstić information content (AvgIpc) is 2.97. The van der Waals surface area contributed by atoms with Gasteiger partial charge in [-0.05, 0) is 32.4 Å². The first-order chi connectivity index (χ1) is 14.7. The zero-order valence-electron chi connectivity index (χ0n) is 18.3. The van der Waals surface area contributed by atoms with E-state index in [9.17, 15) is 14.9 Å². The van der Waals surface area contributed by atoms with E-state index in [0.717, 1.165) is 0 Å². The van der Waals surface area contributed by atoms with Gasteiger partial charge in [-0.2, -0.15) is 5.26 Å². The van der Waals surface area contributed by atoms with Crippen LogP contribution in [0.15, 0.2) is 9.70 Å². The summed E-state index contributed by atoms with van der Waals surface area (Å²) in [5.41, 5.74) is 0.940. The molecule has 0 saturated carbocycles. The first-order valence-electron chi connectivity index (χ1n) is 9.98. The Labute approximate surface area is 191 Å². The van der Waals surface area contributed by atoms with Crippen LogP contribution in [0, 0.1) is 18.3 Å². The van der Waals surface area contributed by atoms with Crippen LogP contribution in [0.3, 0.4) is 0 Å². The molecule has 2 fully saturated rings. The Morgan fingerprint density at radius 3 is 2.55 bits per heavy atom. The topological polar surface area (TPSA) is 87.8 Å². The molecule has 3 heterocycles. The number of carbonyl (C=O) groups is 1. The zero-order valence-corrected chi connectivity index (χ0v) is 19.9. The standard InChI is InChI=1S/C21H26N4O4S2/c1-12-10-24(11-13(2)29-12)18-15(14(3)16(9-22)19(26)23(18)4)8-17-20(27)25(6-7-28-5)21(30)31-17/h8,12-13H,6-7,10-11H2,1-5H3. The molecule has 0 radical (unpaired) electrons. The molecule has 2 aliphatic heterocycles. The van der Waals surface area contributed by atoms with Gasteiger partial charge in [-0.1, -0.05) is 24.0 Å². The number of nitrogens with zero attached hydrogens (tertiary/aromatic N) is 4. The Bertz CT molecular complexity index is 1030. The summed E-state index contributed by atoms with van der Waals surface area (Å²) in [6, 6.07) is 2.02. The smallest absolute Gasteiger partial charge is 0.270 e. The number of ether oxygens (including phenoxy) is 2. The minimum Gasteiger partial charge on any atom is -0.383 e. The predicted molar refractivity (Wildman–Crippen MR) is 125 cm³/mol. The number of aromatic nitrogens is 1. The van der Waals surface area contributed by atoms with E-state index < -0.39 is 0 Å². The maximum absolute atomic E-state index is 13.0. The number of thioether (sulfide) groups is 1. The second-order valence-electron chi connectivity index (χ2n) is 7.70. The normalized spacial score (nSPS) is 23.0. The van der Waals surface area contributed by atoms with E-state index in [1.165, 1.54) is 21.2 Å². The fraction of sp³-hybridized carbons (Fsp3) is 0.524. The number of nitriles is 1. The number of amides is 1. The van der Waals surface area contributed by atoms with E-state index in [0.29, 0.717) is 52.4 Å². The third-order valence-electron chi connectivity index (χ3n) is 5.36. The van der Waals surface area contributed by atoms with Gasteiger partial charge in [-0.3, -0.25) is 19.1 Å². The van der Waals surface area contributed by atoms with Crippen LogP contribution in [-0.4, -0.2) is 65.3 Å². The summed E-state index contributed by atoms with van der Waals surface area (Å²) >= 11 is 6.59. The minimum atomic E-state index is -0.355. The number of hydrogen-bond acceptors (Lipinski definition) is 8. The van der Waals surface area contributed by atoms with Crippen molar-refractivity contribution in [2.24, 2.45) is 7.05 Å². The molecule has 2 aliphatic rings. The van der Waals surface area contributed by atoms with E-state index in [2.05, 4.69) is 4.90 Å². The highest BCUT2D eigenvalue weighted by Gasteiger charge is 2.33. The molecule has 1 aromatic heterocycles. The summed E-state index contributed by atoms with van der Waals surface area (Å²) in [6.07, 6.45) is 1.71. The van der Waals surface area contributed by atoms with E-state index in [4.69, 9.17) is 21.7 Å². The lowest BCUT2D eigenvalue weighted by Gasteiger charge is -2.38. The number of pyridine rings is 1. The van der Waals surface area contributed by atoms with Crippen LogP contribution < -0.4 is 10.5 Å². The third kappa shape index (κ3) is 4.55. The lowest BCUT2D eigenvalue weighted by Crippen LogP contribution is -2.47. The Kier molecular flexibility index (Phi) is 7.21. The lowest BCUT2D eigenvalue weighted by molar-refractivity contribution is -0.122. The molecule has 31 heavy (non-hydrogen) atoms. The molecule has 2 saturated heterocycles. The van der Waals surface area contributed by atoms with Crippen LogP contribution in [0.1, 0.15) is 30.5 Å². The molecule has 8 nitrogen and oxygen atoms in total. The van der Waals surface area contributed by atoms with E-state index >= 15 is 0 Å². The number of hydrogen-bond donors (Lipinski definition) is 0. The quantitative estimate of drug-likeness (QED) is 0.485. The molecule has 10 heteroatoms. The Morgan fingerprint density at radius 1 is 1.32 bits per heavy atom. The van der Waals surface area contributed by atoms with Gasteiger partial charge in [0.05, 0.1) is 30.3 Å². The van der Waals surface area contributed by atoms with E-state index in [-0.39, 0.29) is 29.2 Å². The maximum Gasteiger partial charge on any atom is 0.270 e. The van der Waals surface area contributed by atoms with Gasteiger partial charge in [0.15, 0.2) is 0 Å². The van der Waals surface area contributed by atoms with Crippen molar-refractivity contribution in [3.8, 4) is 6.07 Å². The van der Waals surface area contributed by atoms with Gasteiger partial charge in [-0.15, -0.1) is 0 Å². The molecule has 1 aromatic rings. The molecular formula is C21H26N4O4S2. The number of rotatable bonds is 5. The summed E-state index contributed by atoms with van der Waals surface area (Å²) in [6.45, 7) is 7.66. The second kappa shape index (κ2) is 9.53. The lowest BCUT2D eigenvalue weighted by atomic mass is 10.0. The van der Waals surface area contributed by atoms with E-state index in [1.807, 2.05) is 19.9 Å². The summed E-state index contributed by atoms with van der Waals surface area (Å²) in [5, 5.41) is 9.59. The third-order valence-corrected chi connectivity index (χ3v) is 6.73. The Balaban J connectivity index is 2.15. The number of thiocarbonyl (C=S) groups is 1. The fourth-order valence-electron chi connectivity index (χ4n) is 3.95. The summed E-state index contributed by atoms with van der Waals surface area (Å²) in [7, 11) is 3.23. The molecule has 0 aliphatic carbocycles. The summed E-state index contributed by atoms with van der Waals surface area (Å²) in [4.78, 5) is 29.9. The van der Waals surface area contributed by atoms with Crippen LogP contribution in [0.4, 0.5) is 5.82 Å². The van der Waals surface area contributed by atoms with Crippen molar-refractivity contribution in [3.05, 3.63) is 31.9 Å². The van der Waals surface area contributed by atoms with Gasteiger partial charge in [0.1, 0.15) is 21.8 Å². The van der Waals surface area contributed by atoms with Crippen molar-refractivity contribution in [2.75, 3.05) is 38.3 Å². The highest BCUT2D eigenvalue weighted by Crippen LogP contribution is 2.36. The largest absolute Gasteiger partial charge is 0.383 e. The van der Waals surface area contributed by atoms with E-state index in [1.54, 1.807) is 27.2 Å². The number of methoxy groups -OCH3 is 1. The van der Waals surface area contributed by atoms with Crippen molar-refractivity contribution >= 4 is 46.1 Å². The molecule has 2 unspecified atom stereocenters. The first kappa shape index (κ1) is 23.5. The molecule has 3 rings (SSSR count). The molecule has 2 atom stereocenters. The average molecular weight is 463 g/mol. The van der Waals surface area contributed by atoms with Gasteiger partial charge in [0.2, 0.25) is 0 Å². The van der Waals surface area contributed by atoms with Crippen LogP contribution in [-0.2, 0) is 21.3 Å². The van der Waals surface area contributed by atoms with Crippen molar-refractivity contribution in [3.63, 3.8) is 0 Å². The predicted octanol–water partition coefficient (Wildman–Crippen LogP) is 2.03. The molecule has 0 spiro atoms. The number of carbonyl (C=O) groups excluding carboxylic acids is 1. The molecule has 166 valence electrons. The van der Waals surface area contributed by atoms with Gasteiger partial charge in [-0.25, -0.2) is 0 Å². The van der Waals surface area contributed by atoms with Gasteiger partial charge in [0, 0.05) is 32.8 Å². The van der Waals surface area contributed by atoms with Crippen molar-refractivity contribution < 1.29 is 14.3 Å². The summed E-state index contributed by atoms with van der Waals surface area (Å²) < 4.78 is 12.9. The molecule has 1 amide bonds. The van der Waals surface area contributed by atoms with Gasteiger partial charge >= 0.3 is 0 Å². The van der Waals surface area contributed by atoms with Crippen molar-refractivity contribution in [2.45, 2.75) is 33.0 Å². The number of morpholine rings is 1. The fourth-order valence-corrected chi connectivity index (χ4v) is 5.24. The molecule has 0 aromatic carbocycles. The molecular weight excluding hydrogens is 436 g/mol. The minimum absolute atomic E-state index is 0.0186. The van der Waals surface area contributed by atoms with Crippen LogP contribution in [0.2, 0.25) is 0 Å². The van der Waals surface area contributed by atoms with Crippen molar-refractivity contribution in [1.29, 1.82) is 5.26 Å². The van der Waals surface area contributed by atoms with Crippen molar-refractivity contribution in [1.82, 2.24) is 9.47 Å². The second-order valence-corrected chi connectivity index (χ2v) is 9.38. The highest BCUT2D eigenvalue weighted by molar-refractivity contribution is 8.26.